The van der Waals surface area contributed by atoms with Gasteiger partial charge in [0.15, 0.2) is 0 Å². The molecular weight excluding hydrogens is 250 g/mol. The lowest BCUT2D eigenvalue weighted by atomic mass is 9.69. The zero-order chi connectivity index (χ0) is 14.2. The fraction of sp³-hybridized carbons (Fsp3) is 0.588. The summed E-state index contributed by atoms with van der Waals surface area (Å²) in [6.45, 7) is 2.17. The standard InChI is InChI=1S/C17H23NO2/c1-18-11-14(12-18)13-6-5-7-15(10-13)17(16(19)20)8-3-2-4-9-17/h5-7,10,14H,2-4,8-9,11-12H2,1H3,(H,19,20). The number of aliphatic carboxylic acids is 1. The minimum atomic E-state index is -0.639. The molecule has 1 aliphatic heterocycles. The van der Waals surface area contributed by atoms with E-state index >= 15 is 0 Å². The van der Waals surface area contributed by atoms with Crippen LogP contribution in [0.5, 0.6) is 0 Å². The SMILES string of the molecule is CN1CC(c2cccc(C3(C(=O)O)CCCCC3)c2)C1. The zero-order valence-electron chi connectivity index (χ0n) is 12.1. The molecule has 108 valence electrons. The molecule has 2 aliphatic rings. The van der Waals surface area contributed by atoms with Crippen LogP contribution in [0.1, 0.15) is 49.1 Å². The normalized spacial score (nSPS) is 23.2. The summed E-state index contributed by atoms with van der Waals surface area (Å²) in [7, 11) is 2.13. The van der Waals surface area contributed by atoms with E-state index < -0.39 is 11.4 Å². The number of likely N-dealkylation sites (N-methyl/N-ethyl adjacent to an activating group) is 1. The summed E-state index contributed by atoms with van der Waals surface area (Å²) in [5.41, 5.74) is 1.70. The van der Waals surface area contributed by atoms with Crippen LogP contribution in [0.3, 0.4) is 0 Å². The number of carboxylic acid groups (broad SMARTS) is 1. The highest BCUT2D eigenvalue weighted by atomic mass is 16.4. The van der Waals surface area contributed by atoms with E-state index in [1.165, 1.54) is 12.0 Å². The molecule has 1 aromatic carbocycles. The summed E-state index contributed by atoms with van der Waals surface area (Å²) >= 11 is 0. The Labute approximate surface area is 120 Å². The van der Waals surface area contributed by atoms with Gasteiger partial charge in [0, 0.05) is 19.0 Å². The second-order valence-corrected chi connectivity index (χ2v) is 6.49. The number of carboxylic acids is 1. The Morgan fingerprint density at radius 3 is 2.55 bits per heavy atom. The van der Waals surface area contributed by atoms with E-state index in [9.17, 15) is 9.90 Å². The minimum Gasteiger partial charge on any atom is -0.481 e. The molecule has 1 N–H and O–H groups in total. The zero-order valence-corrected chi connectivity index (χ0v) is 12.1. The van der Waals surface area contributed by atoms with Gasteiger partial charge in [0.2, 0.25) is 0 Å². The van der Waals surface area contributed by atoms with Gasteiger partial charge in [-0.15, -0.1) is 0 Å². The van der Waals surface area contributed by atoms with Crippen molar-refractivity contribution < 1.29 is 9.90 Å². The van der Waals surface area contributed by atoms with E-state index in [0.717, 1.165) is 44.3 Å². The highest BCUT2D eigenvalue weighted by Gasteiger charge is 2.41. The summed E-state index contributed by atoms with van der Waals surface area (Å²) in [4.78, 5) is 14.2. The molecule has 0 spiro atoms. The molecule has 1 aliphatic carbocycles. The first-order valence-corrected chi connectivity index (χ1v) is 7.64. The van der Waals surface area contributed by atoms with E-state index in [0.29, 0.717) is 5.92 Å². The van der Waals surface area contributed by atoms with Gasteiger partial charge < -0.3 is 10.0 Å². The number of hydrogen-bond acceptors (Lipinski definition) is 2. The van der Waals surface area contributed by atoms with Gasteiger partial charge in [-0.1, -0.05) is 43.5 Å². The molecule has 0 aromatic heterocycles. The highest BCUT2D eigenvalue weighted by Crippen LogP contribution is 2.41. The van der Waals surface area contributed by atoms with Gasteiger partial charge in [-0.3, -0.25) is 4.79 Å². The van der Waals surface area contributed by atoms with Crippen LogP contribution >= 0.6 is 0 Å². The molecule has 1 saturated heterocycles. The first kappa shape index (κ1) is 13.6. The predicted molar refractivity (Wildman–Crippen MR) is 79.1 cm³/mol. The Balaban J connectivity index is 1.91. The third kappa shape index (κ3) is 2.24. The van der Waals surface area contributed by atoms with E-state index in [1.807, 2.05) is 12.1 Å². The van der Waals surface area contributed by atoms with Gasteiger partial charge >= 0.3 is 5.97 Å². The van der Waals surface area contributed by atoms with Crippen LogP contribution in [0, 0.1) is 0 Å². The summed E-state index contributed by atoms with van der Waals surface area (Å²) in [5.74, 6) is -0.0607. The summed E-state index contributed by atoms with van der Waals surface area (Å²) < 4.78 is 0. The minimum absolute atomic E-state index is 0.578. The molecule has 3 heteroatoms. The first-order valence-electron chi connectivity index (χ1n) is 7.64. The maximum absolute atomic E-state index is 11.9. The monoisotopic (exact) mass is 273 g/mol. The maximum atomic E-state index is 11.9. The lowest BCUT2D eigenvalue weighted by Crippen LogP contribution is -2.42. The topological polar surface area (TPSA) is 40.5 Å². The number of hydrogen-bond donors (Lipinski definition) is 1. The fourth-order valence-electron chi connectivity index (χ4n) is 3.78. The van der Waals surface area contributed by atoms with Crippen molar-refractivity contribution in [1.29, 1.82) is 0 Å². The van der Waals surface area contributed by atoms with Crippen molar-refractivity contribution >= 4 is 5.97 Å². The van der Waals surface area contributed by atoms with Crippen molar-refractivity contribution in [3.63, 3.8) is 0 Å². The van der Waals surface area contributed by atoms with Crippen LogP contribution < -0.4 is 0 Å². The molecule has 1 saturated carbocycles. The lowest BCUT2D eigenvalue weighted by Gasteiger charge is -2.38. The Hall–Kier alpha value is -1.35. The van der Waals surface area contributed by atoms with E-state index in [4.69, 9.17) is 0 Å². The number of likely N-dealkylation sites (tertiary alicyclic amines) is 1. The van der Waals surface area contributed by atoms with Crippen LogP contribution in [0.15, 0.2) is 24.3 Å². The molecule has 0 radical (unpaired) electrons. The molecule has 1 heterocycles. The lowest BCUT2D eigenvalue weighted by molar-refractivity contribution is -0.145. The number of rotatable bonds is 3. The number of carbonyl (C=O) groups is 1. The van der Waals surface area contributed by atoms with Crippen molar-refractivity contribution in [2.75, 3.05) is 20.1 Å². The second kappa shape index (κ2) is 5.21. The molecule has 20 heavy (non-hydrogen) atoms. The number of nitrogens with zero attached hydrogens (tertiary/aromatic N) is 1. The summed E-state index contributed by atoms with van der Waals surface area (Å²) in [5, 5.41) is 9.78. The highest BCUT2D eigenvalue weighted by molar-refractivity contribution is 5.81. The number of benzene rings is 1. The Morgan fingerprint density at radius 2 is 1.95 bits per heavy atom. The predicted octanol–water partition coefficient (Wildman–Crippen LogP) is 3.00. The van der Waals surface area contributed by atoms with Crippen molar-refractivity contribution in [2.24, 2.45) is 0 Å². The fourth-order valence-corrected chi connectivity index (χ4v) is 3.78. The van der Waals surface area contributed by atoms with Gasteiger partial charge in [-0.05, 0) is 31.0 Å². The Morgan fingerprint density at radius 1 is 1.25 bits per heavy atom. The van der Waals surface area contributed by atoms with Gasteiger partial charge in [-0.2, -0.15) is 0 Å². The van der Waals surface area contributed by atoms with Crippen LogP contribution in [-0.4, -0.2) is 36.1 Å². The molecule has 3 nitrogen and oxygen atoms in total. The quantitative estimate of drug-likeness (QED) is 0.920. The summed E-state index contributed by atoms with van der Waals surface area (Å²) in [6, 6.07) is 8.38. The van der Waals surface area contributed by atoms with E-state index in [-0.39, 0.29) is 0 Å². The maximum Gasteiger partial charge on any atom is 0.314 e. The second-order valence-electron chi connectivity index (χ2n) is 6.49. The van der Waals surface area contributed by atoms with Crippen molar-refractivity contribution in [1.82, 2.24) is 4.90 Å². The molecule has 3 rings (SSSR count). The Kier molecular flexibility index (Phi) is 3.55. The molecule has 0 atom stereocenters. The van der Waals surface area contributed by atoms with E-state index in [1.54, 1.807) is 0 Å². The van der Waals surface area contributed by atoms with Crippen LogP contribution in [0.4, 0.5) is 0 Å². The Bertz CT molecular complexity index is 499. The average molecular weight is 273 g/mol. The van der Waals surface area contributed by atoms with Gasteiger partial charge in [0.25, 0.3) is 0 Å². The molecule has 0 bridgehead atoms. The van der Waals surface area contributed by atoms with Crippen LogP contribution in [-0.2, 0) is 10.2 Å². The van der Waals surface area contributed by atoms with Gasteiger partial charge in [-0.25, -0.2) is 0 Å². The average Bonchev–Trinajstić information content (AvgIpc) is 2.44. The smallest absolute Gasteiger partial charge is 0.314 e. The van der Waals surface area contributed by atoms with Crippen molar-refractivity contribution in [3.05, 3.63) is 35.4 Å². The molecular formula is C17H23NO2. The molecule has 1 aromatic rings. The molecule has 0 unspecified atom stereocenters. The third-order valence-electron chi connectivity index (χ3n) is 5.09. The molecule has 0 amide bonds. The third-order valence-corrected chi connectivity index (χ3v) is 5.09. The van der Waals surface area contributed by atoms with Crippen LogP contribution in [0.25, 0.3) is 0 Å². The first-order chi connectivity index (χ1) is 9.62. The molecule has 2 fully saturated rings. The van der Waals surface area contributed by atoms with Gasteiger partial charge in [0.05, 0.1) is 5.41 Å². The van der Waals surface area contributed by atoms with E-state index in [2.05, 4.69) is 24.1 Å². The van der Waals surface area contributed by atoms with Crippen LogP contribution in [0.2, 0.25) is 0 Å². The largest absolute Gasteiger partial charge is 0.481 e. The van der Waals surface area contributed by atoms with Gasteiger partial charge in [0.1, 0.15) is 0 Å². The van der Waals surface area contributed by atoms with Crippen molar-refractivity contribution in [3.8, 4) is 0 Å². The van der Waals surface area contributed by atoms with Crippen molar-refractivity contribution in [2.45, 2.75) is 43.4 Å². The summed E-state index contributed by atoms with van der Waals surface area (Å²) in [6.07, 6.45) is 4.81.